The van der Waals surface area contributed by atoms with Crippen LogP contribution in [-0.2, 0) is 4.74 Å². The molecule has 0 unspecified atom stereocenters. The maximum Gasteiger partial charge on any atom is 0.418 e. The van der Waals surface area contributed by atoms with Crippen molar-refractivity contribution in [3.05, 3.63) is 96.2 Å². The van der Waals surface area contributed by atoms with Crippen LogP contribution >= 0.6 is 0 Å². The minimum absolute atomic E-state index is 0.148. The average Bonchev–Trinajstić information content (AvgIpc) is 2.88. The summed E-state index contributed by atoms with van der Waals surface area (Å²) in [5.74, 6) is -0.148. The molecule has 3 aromatic rings. The predicted octanol–water partition coefficient (Wildman–Crippen LogP) is 5.16. The average molecular weight is 355 g/mol. The van der Waals surface area contributed by atoms with E-state index >= 15 is 0 Å². The molecule has 132 valence electrons. The lowest BCUT2D eigenvalue weighted by Crippen LogP contribution is -2.26. The van der Waals surface area contributed by atoms with Gasteiger partial charge in [-0.15, -0.1) is 0 Å². The molecule has 1 heterocycles. The number of carbonyl (C=O) groups excluding carboxylic acids is 2. The number of amides is 1. The van der Waals surface area contributed by atoms with Gasteiger partial charge in [0.05, 0.1) is 12.8 Å². The first-order valence-electron chi connectivity index (χ1n) is 8.58. The van der Waals surface area contributed by atoms with Crippen molar-refractivity contribution in [2.45, 2.75) is 0 Å². The molecule has 0 bridgehead atoms. The minimum atomic E-state index is -0.548. The van der Waals surface area contributed by atoms with Crippen LogP contribution in [0.15, 0.2) is 85.1 Å². The molecule has 27 heavy (non-hydrogen) atoms. The fourth-order valence-corrected chi connectivity index (χ4v) is 3.31. The summed E-state index contributed by atoms with van der Waals surface area (Å²) in [5.41, 5.74) is 4.23. The Balaban J connectivity index is 1.99. The molecule has 0 spiro atoms. The van der Waals surface area contributed by atoms with E-state index in [2.05, 4.69) is 0 Å². The summed E-state index contributed by atoms with van der Waals surface area (Å²) >= 11 is 0. The summed E-state index contributed by atoms with van der Waals surface area (Å²) < 4.78 is 4.97. The van der Waals surface area contributed by atoms with E-state index in [-0.39, 0.29) is 5.78 Å². The first-order chi connectivity index (χ1) is 13.2. The van der Waals surface area contributed by atoms with Crippen molar-refractivity contribution < 1.29 is 14.3 Å². The Kier molecular flexibility index (Phi) is 4.30. The van der Waals surface area contributed by atoms with Gasteiger partial charge in [-0.2, -0.15) is 0 Å². The van der Waals surface area contributed by atoms with E-state index < -0.39 is 6.09 Å². The standard InChI is InChI=1S/C23H17NO3/c1-27-23(26)24-15-20(22(25)16-9-3-2-4-10-16)18-12-6-5-11-17(18)19-13-7-8-14-21(19)24/h2-15H,1H3. The van der Waals surface area contributed by atoms with Gasteiger partial charge in [0, 0.05) is 22.9 Å². The summed E-state index contributed by atoms with van der Waals surface area (Å²) in [5, 5.41) is 0. The van der Waals surface area contributed by atoms with Gasteiger partial charge in [0.15, 0.2) is 5.78 Å². The van der Waals surface area contributed by atoms with E-state index in [0.717, 1.165) is 16.7 Å². The SMILES string of the molecule is COC(=O)N1C=C(C(=O)c2ccccc2)c2ccccc2-c2ccccc21. The molecule has 0 aliphatic carbocycles. The van der Waals surface area contributed by atoms with Gasteiger partial charge in [0.25, 0.3) is 0 Å². The third-order valence-electron chi connectivity index (χ3n) is 4.58. The molecule has 0 saturated carbocycles. The van der Waals surface area contributed by atoms with E-state index in [1.54, 1.807) is 18.3 Å². The quantitative estimate of drug-likeness (QED) is 0.596. The molecular formula is C23H17NO3. The van der Waals surface area contributed by atoms with Crippen molar-refractivity contribution in [3.63, 3.8) is 0 Å². The highest BCUT2D eigenvalue weighted by Crippen LogP contribution is 2.40. The number of carbonyl (C=O) groups is 2. The van der Waals surface area contributed by atoms with E-state index in [4.69, 9.17) is 4.74 Å². The Labute approximate surface area is 157 Å². The lowest BCUT2D eigenvalue weighted by molar-refractivity contribution is 0.105. The normalized spacial score (nSPS) is 12.3. The molecule has 1 amide bonds. The van der Waals surface area contributed by atoms with Gasteiger partial charge in [0.1, 0.15) is 0 Å². The van der Waals surface area contributed by atoms with Crippen molar-refractivity contribution in [2.24, 2.45) is 0 Å². The van der Waals surface area contributed by atoms with E-state index in [1.165, 1.54) is 12.0 Å². The summed E-state index contributed by atoms with van der Waals surface area (Å²) in [6.45, 7) is 0. The largest absolute Gasteiger partial charge is 0.452 e. The number of Topliss-reactive ketones (excluding diaryl/α,β-unsaturated/α-hetero) is 1. The summed E-state index contributed by atoms with van der Waals surface area (Å²) in [6, 6.07) is 24.3. The van der Waals surface area contributed by atoms with Crippen molar-refractivity contribution in [2.75, 3.05) is 12.0 Å². The van der Waals surface area contributed by atoms with Crippen LogP contribution in [0.3, 0.4) is 0 Å². The smallest absolute Gasteiger partial charge is 0.418 e. The van der Waals surface area contributed by atoms with Gasteiger partial charge in [0.2, 0.25) is 0 Å². The summed E-state index contributed by atoms with van der Waals surface area (Å²) in [4.78, 5) is 27.2. The Hall–Kier alpha value is -3.66. The number of hydrogen-bond acceptors (Lipinski definition) is 3. The molecule has 0 radical (unpaired) electrons. The number of para-hydroxylation sites is 1. The second kappa shape index (κ2) is 6.92. The number of fused-ring (bicyclic) bond motifs is 3. The van der Waals surface area contributed by atoms with E-state index in [9.17, 15) is 9.59 Å². The monoisotopic (exact) mass is 355 g/mol. The molecule has 0 N–H and O–H groups in total. The number of rotatable bonds is 2. The first-order valence-corrected chi connectivity index (χ1v) is 8.58. The van der Waals surface area contributed by atoms with Gasteiger partial charge >= 0.3 is 6.09 Å². The van der Waals surface area contributed by atoms with Crippen LogP contribution in [0, 0.1) is 0 Å². The van der Waals surface area contributed by atoms with Crippen LogP contribution < -0.4 is 4.90 Å². The second-order valence-corrected chi connectivity index (χ2v) is 6.14. The first kappa shape index (κ1) is 16.8. The molecule has 4 heteroatoms. The van der Waals surface area contributed by atoms with Crippen molar-refractivity contribution in [1.29, 1.82) is 0 Å². The van der Waals surface area contributed by atoms with Crippen LogP contribution in [0.25, 0.3) is 16.7 Å². The third-order valence-corrected chi connectivity index (χ3v) is 4.58. The highest BCUT2D eigenvalue weighted by molar-refractivity contribution is 6.31. The molecule has 1 aliphatic rings. The molecule has 4 rings (SSSR count). The van der Waals surface area contributed by atoms with E-state index in [1.807, 2.05) is 66.7 Å². The maximum absolute atomic E-state index is 13.3. The predicted molar refractivity (Wildman–Crippen MR) is 106 cm³/mol. The second-order valence-electron chi connectivity index (χ2n) is 6.14. The number of allylic oxidation sites excluding steroid dienone is 1. The number of methoxy groups -OCH3 is 1. The highest BCUT2D eigenvalue weighted by Gasteiger charge is 2.27. The van der Waals surface area contributed by atoms with Gasteiger partial charge in [-0.3, -0.25) is 9.69 Å². The number of ether oxygens (including phenoxy) is 1. The Morgan fingerprint density at radius 3 is 2.04 bits per heavy atom. The molecule has 0 fully saturated rings. The number of benzene rings is 3. The lowest BCUT2D eigenvalue weighted by atomic mass is 9.91. The zero-order chi connectivity index (χ0) is 18.8. The number of anilines is 1. The molecule has 0 saturated heterocycles. The fourth-order valence-electron chi connectivity index (χ4n) is 3.31. The number of ketones is 1. The van der Waals surface area contributed by atoms with Gasteiger partial charge in [-0.05, 0) is 17.2 Å². The van der Waals surface area contributed by atoms with Crippen LogP contribution in [0.4, 0.5) is 10.5 Å². The molecule has 1 aliphatic heterocycles. The van der Waals surface area contributed by atoms with Crippen LogP contribution in [0.1, 0.15) is 15.9 Å². The zero-order valence-electron chi connectivity index (χ0n) is 14.8. The Morgan fingerprint density at radius 1 is 0.741 bits per heavy atom. The third kappa shape index (κ3) is 2.91. The lowest BCUT2D eigenvalue weighted by Gasteiger charge is -2.19. The Morgan fingerprint density at radius 2 is 1.33 bits per heavy atom. The summed E-state index contributed by atoms with van der Waals surface area (Å²) in [6.07, 6.45) is 1.03. The molecule has 3 aromatic carbocycles. The number of hydrogen-bond donors (Lipinski definition) is 0. The van der Waals surface area contributed by atoms with Gasteiger partial charge in [-0.25, -0.2) is 4.79 Å². The van der Waals surface area contributed by atoms with Crippen LogP contribution in [-0.4, -0.2) is 19.0 Å². The minimum Gasteiger partial charge on any atom is -0.452 e. The molecule has 0 atom stereocenters. The zero-order valence-corrected chi connectivity index (χ0v) is 14.8. The van der Waals surface area contributed by atoms with Crippen molar-refractivity contribution >= 4 is 23.1 Å². The Bertz CT molecular complexity index is 1050. The molecular weight excluding hydrogens is 338 g/mol. The molecule has 0 aromatic heterocycles. The van der Waals surface area contributed by atoms with E-state index in [0.29, 0.717) is 16.8 Å². The maximum atomic E-state index is 13.3. The van der Waals surface area contributed by atoms with Gasteiger partial charge < -0.3 is 4.74 Å². The fraction of sp³-hybridized carbons (Fsp3) is 0.0435. The molecule has 4 nitrogen and oxygen atoms in total. The van der Waals surface area contributed by atoms with Crippen molar-refractivity contribution in [1.82, 2.24) is 0 Å². The number of nitrogens with zero attached hydrogens (tertiary/aromatic N) is 1. The highest BCUT2D eigenvalue weighted by atomic mass is 16.5. The topological polar surface area (TPSA) is 46.6 Å². The van der Waals surface area contributed by atoms with Crippen LogP contribution in [0.2, 0.25) is 0 Å². The van der Waals surface area contributed by atoms with Crippen molar-refractivity contribution in [3.8, 4) is 11.1 Å². The van der Waals surface area contributed by atoms with Gasteiger partial charge in [-0.1, -0.05) is 72.8 Å². The van der Waals surface area contributed by atoms with Crippen LogP contribution in [0.5, 0.6) is 0 Å². The summed E-state index contributed by atoms with van der Waals surface area (Å²) in [7, 11) is 1.33.